The topological polar surface area (TPSA) is 41.1 Å². The number of carbonyl (C=O) groups is 1. The molecule has 6 heteroatoms. The van der Waals surface area contributed by atoms with Gasteiger partial charge in [0.15, 0.2) is 0 Å². The second kappa shape index (κ2) is 5.64. The van der Waals surface area contributed by atoms with Crippen LogP contribution in [0.2, 0.25) is 0 Å². The fraction of sp³-hybridized carbons (Fsp3) is 0.0714. The number of nitrogens with one attached hydrogen (secondary N) is 2. The van der Waals surface area contributed by atoms with Crippen LogP contribution in [0.1, 0.15) is 5.56 Å². The van der Waals surface area contributed by atoms with Crippen molar-refractivity contribution in [2.24, 2.45) is 0 Å². The number of rotatable bonds is 4. The monoisotopic (exact) mass is 280 g/mol. The third-order valence-corrected chi connectivity index (χ3v) is 2.61. The summed E-state index contributed by atoms with van der Waals surface area (Å²) in [5, 5.41) is 5.46. The van der Waals surface area contributed by atoms with Crippen LogP contribution in [0.15, 0.2) is 48.5 Å². The molecule has 0 heterocycles. The minimum atomic E-state index is -4.33. The molecule has 2 N–H and O–H groups in total. The molecule has 0 aromatic heterocycles. The second-order valence-electron chi connectivity index (χ2n) is 4.04. The Kier molecular flexibility index (Phi) is 3.93. The zero-order chi connectivity index (χ0) is 14.6. The van der Waals surface area contributed by atoms with Crippen LogP contribution < -0.4 is 10.6 Å². The van der Waals surface area contributed by atoms with Gasteiger partial charge in [-0.3, -0.25) is 4.79 Å². The van der Waals surface area contributed by atoms with Crippen LogP contribution in [0.3, 0.4) is 0 Å². The van der Waals surface area contributed by atoms with Gasteiger partial charge < -0.3 is 10.6 Å². The third kappa shape index (κ3) is 3.50. The molecule has 0 fully saturated rings. The molecule has 0 aliphatic rings. The van der Waals surface area contributed by atoms with E-state index in [0.29, 0.717) is 23.5 Å². The van der Waals surface area contributed by atoms with Gasteiger partial charge in [0.05, 0.1) is 5.56 Å². The molecule has 0 saturated carbocycles. The lowest BCUT2D eigenvalue weighted by Gasteiger charge is -2.10. The average molecular weight is 280 g/mol. The summed E-state index contributed by atoms with van der Waals surface area (Å²) in [4.78, 5) is 10.2. The van der Waals surface area contributed by atoms with Crippen molar-refractivity contribution in [3.8, 4) is 0 Å². The van der Waals surface area contributed by atoms with Gasteiger partial charge >= 0.3 is 6.18 Å². The number of carbonyl (C=O) groups excluding carboxylic acids is 1. The first kappa shape index (κ1) is 13.9. The van der Waals surface area contributed by atoms with Gasteiger partial charge in [-0.1, -0.05) is 0 Å². The van der Waals surface area contributed by atoms with Gasteiger partial charge in [-0.2, -0.15) is 13.2 Å². The maximum Gasteiger partial charge on any atom is 0.416 e. The van der Waals surface area contributed by atoms with E-state index in [9.17, 15) is 18.0 Å². The van der Waals surface area contributed by atoms with Gasteiger partial charge in [0.25, 0.3) is 0 Å². The first-order valence-corrected chi connectivity index (χ1v) is 5.73. The van der Waals surface area contributed by atoms with Crippen LogP contribution in [0.25, 0.3) is 0 Å². The van der Waals surface area contributed by atoms with Crippen LogP contribution in [0.5, 0.6) is 0 Å². The van der Waals surface area contributed by atoms with Crippen LogP contribution in [0.4, 0.5) is 30.2 Å². The first-order valence-electron chi connectivity index (χ1n) is 5.73. The number of alkyl halides is 3. The fourth-order valence-corrected chi connectivity index (χ4v) is 1.63. The molecular weight excluding hydrogens is 269 g/mol. The minimum Gasteiger partial charge on any atom is -0.356 e. The third-order valence-electron chi connectivity index (χ3n) is 2.61. The molecule has 0 aliphatic heterocycles. The maximum absolute atomic E-state index is 12.4. The van der Waals surface area contributed by atoms with E-state index in [0.717, 1.165) is 12.1 Å². The summed E-state index contributed by atoms with van der Waals surface area (Å²) in [6.45, 7) is 0. The standard InChI is InChI=1S/C14H11F3N2O/c15-14(16,17)10-1-3-12(4-2-10)19-13-7-5-11(6-8-13)18-9-20/h1-9,19H,(H,18,20). The average Bonchev–Trinajstić information content (AvgIpc) is 2.41. The van der Waals surface area contributed by atoms with E-state index in [1.165, 1.54) is 12.1 Å². The van der Waals surface area contributed by atoms with Crippen molar-refractivity contribution in [1.82, 2.24) is 0 Å². The number of hydrogen-bond donors (Lipinski definition) is 2. The smallest absolute Gasteiger partial charge is 0.356 e. The lowest BCUT2D eigenvalue weighted by Crippen LogP contribution is -2.04. The lowest BCUT2D eigenvalue weighted by molar-refractivity contribution is -0.137. The Hall–Kier alpha value is -2.50. The van der Waals surface area contributed by atoms with Crippen molar-refractivity contribution in [1.29, 1.82) is 0 Å². The highest BCUT2D eigenvalue weighted by Crippen LogP contribution is 2.30. The van der Waals surface area contributed by atoms with E-state index >= 15 is 0 Å². The molecule has 3 nitrogen and oxygen atoms in total. The Morgan fingerprint density at radius 3 is 1.70 bits per heavy atom. The van der Waals surface area contributed by atoms with Crippen molar-refractivity contribution in [2.45, 2.75) is 6.18 Å². The number of amides is 1. The highest BCUT2D eigenvalue weighted by Gasteiger charge is 2.29. The summed E-state index contributed by atoms with van der Waals surface area (Å²) in [7, 11) is 0. The molecule has 2 aromatic rings. The number of benzene rings is 2. The molecule has 2 aromatic carbocycles. The molecule has 0 unspecified atom stereocenters. The Morgan fingerprint density at radius 1 is 0.800 bits per heavy atom. The molecule has 0 spiro atoms. The maximum atomic E-state index is 12.4. The molecule has 2 rings (SSSR count). The van der Waals surface area contributed by atoms with Gasteiger partial charge in [-0.05, 0) is 48.5 Å². The first-order chi connectivity index (χ1) is 9.49. The Morgan fingerprint density at radius 2 is 1.25 bits per heavy atom. The van der Waals surface area contributed by atoms with Crippen molar-refractivity contribution in [3.63, 3.8) is 0 Å². The summed E-state index contributed by atoms with van der Waals surface area (Å²) in [6.07, 6.45) is -3.76. The van der Waals surface area contributed by atoms with Crippen LogP contribution >= 0.6 is 0 Å². The normalized spacial score (nSPS) is 10.9. The summed E-state index contributed by atoms with van der Waals surface area (Å²) in [5.74, 6) is 0. The van der Waals surface area contributed by atoms with Crippen LogP contribution in [-0.2, 0) is 11.0 Å². The van der Waals surface area contributed by atoms with Gasteiger partial charge in [-0.15, -0.1) is 0 Å². The SMILES string of the molecule is O=CNc1ccc(Nc2ccc(C(F)(F)F)cc2)cc1. The van der Waals surface area contributed by atoms with Crippen molar-refractivity contribution < 1.29 is 18.0 Å². The molecule has 0 atom stereocenters. The van der Waals surface area contributed by atoms with Crippen LogP contribution in [0, 0.1) is 0 Å². The highest BCUT2D eigenvalue weighted by molar-refractivity contribution is 5.72. The molecule has 1 amide bonds. The number of halogens is 3. The van der Waals surface area contributed by atoms with Gasteiger partial charge in [0, 0.05) is 17.1 Å². The summed E-state index contributed by atoms with van der Waals surface area (Å²) in [6, 6.07) is 11.5. The Balaban J connectivity index is 2.08. The minimum absolute atomic E-state index is 0.550. The number of hydrogen-bond acceptors (Lipinski definition) is 2. The van der Waals surface area contributed by atoms with E-state index in [2.05, 4.69) is 10.6 Å². The van der Waals surface area contributed by atoms with Crippen molar-refractivity contribution in [3.05, 3.63) is 54.1 Å². The molecule has 20 heavy (non-hydrogen) atoms. The van der Waals surface area contributed by atoms with Crippen molar-refractivity contribution >= 4 is 23.5 Å². The zero-order valence-corrected chi connectivity index (χ0v) is 10.2. The highest BCUT2D eigenvalue weighted by atomic mass is 19.4. The second-order valence-corrected chi connectivity index (χ2v) is 4.04. The summed E-state index contributed by atoms with van der Waals surface area (Å²) < 4.78 is 37.2. The quantitative estimate of drug-likeness (QED) is 0.830. The molecule has 0 saturated heterocycles. The summed E-state index contributed by atoms with van der Waals surface area (Å²) in [5.41, 5.74) is 1.21. The van der Waals surface area contributed by atoms with E-state index in [4.69, 9.17) is 0 Å². The molecular formula is C14H11F3N2O. The number of anilines is 3. The van der Waals surface area contributed by atoms with Crippen LogP contribution in [-0.4, -0.2) is 6.41 Å². The Bertz CT molecular complexity index is 577. The zero-order valence-electron chi connectivity index (χ0n) is 10.2. The molecule has 104 valence electrons. The van der Waals surface area contributed by atoms with Gasteiger partial charge in [0.2, 0.25) is 6.41 Å². The van der Waals surface area contributed by atoms with E-state index < -0.39 is 11.7 Å². The summed E-state index contributed by atoms with van der Waals surface area (Å²) >= 11 is 0. The molecule has 0 radical (unpaired) electrons. The Labute approximate surface area is 113 Å². The molecule has 0 bridgehead atoms. The van der Waals surface area contributed by atoms with Gasteiger partial charge in [0.1, 0.15) is 0 Å². The van der Waals surface area contributed by atoms with E-state index in [1.54, 1.807) is 24.3 Å². The van der Waals surface area contributed by atoms with E-state index in [1.807, 2.05) is 0 Å². The predicted octanol–water partition coefficient (Wildman–Crippen LogP) is 4.02. The predicted molar refractivity (Wildman–Crippen MR) is 70.9 cm³/mol. The molecule has 0 aliphatic carbocycles. The lowest BCUT2D eigenvalue weighted by atomic mass is 10.2. The largest absolute Gasteiger partial charge is 0.416 e. The van der Waals surface area contributed by atoms with Crippen molar-refractivity contribution in [2.75, 3.05) is 10.6 Å². The van der Waals surface area contributed by atoms with Gasteiger partial charge in [-0.25, -0.2) is 0 Å². The van der Waals surface area contributed by atoms with E-state index in [-0.39, 0.29) is 0 Å². The fourth-order valence-electron chi connectivity index (χ4n) is 1.63.